The number of pyridine rings is 1. The highest BCUT2D eigenvalue weighted by atomic mass is 32.1. The van der Waals surface area contributed by atoms with Crippen molar-refractivity contribution in [1.82, 2.24) is 19.9 Å². The fourth-order valence-corrected chi connectivity index (χ4v) is 4.23. The van der Waals surface area contributed by atoms with Crippen LogP contribution in [0.1, 0.15) is 21.8 Å². The number of morpholine rings is 1. The number of fused-ring (bicyclic) bond motifs is 1. The second kappa shape index (κ2) is 7.75. The van der Waals surface area contributed by atoms with Gasteiger partial charge >= 0.3 is 0 Å². The van der Waals surface area contributed by atoms with E-state index in [0.717, 1.165) is 60.3 Å². The lowest BCUT2D eigenvalue weighted by molar-refractivity contribution is 0.0331. The molecular weight excluding hydrogens is 360 g/mol. The molecule has 0 radical (unpaired) electrons. The first-order chi connectivity index (χ1) is 13.1. The van der Waals surface area contributed by atoms with Crippen molar-refractivity contribution in [2.75, 3.05) is 37.4 Å². The van der Waals surface area contributed by atoms with Crippen LogP contribution in [-0.4, -0.2) is 46.2 Å². The van der Waals surface area contributed by atoms with E-state index in [9.17, 15) is 0 Å². The van der Waals surface area contributed by atoms with Crippen LogP contribution in [0.4, 0.5) is 11.6 Å². The molecule has 7 nitrogen and oxygen atoms in total. The van der Waals surface area contributed by atoms with Crippen molar-refractivity contribution in [3.63, 3.8) is 0 Å². The van der Waals surface area contributed by atoms with Crippen LogP contribution in [0.2, 0.25) is 0 Å². The average molecular weight is 385 g/mol. The molecule has 3 aromatic rings. The fraction of sp³-hybridized carbons (Fsp3) is 0.421. The first kappa shape index (κ1) is 18.1. The Hall–Kier alpha value is -2.29. The number of nitrogens with zero attached hydrogens (tertiary/aromatic N) is 4. The second-order valence-electron chi connectivity index (χ2n) is 6.79. The standard InChI is InChI=1S/C19H24N6OS/c1-12-13(2)27-19-17(12)18(22-10-14-3-4-15(20)21-9-14)23-16(24-19)11-25-5-7-26-8-6-25/h3-4,9H,5-8,10-11H2,1-2H3,(H2,20,21)(H,22,23,24). The summed E-state index contributed by atoms with van der Waals surface area (Å²) in [5, 5.41) is 4.60. The summed E-state index contributed by atoms with van der Waals surface area (Å²) in [6.07, 6.45) is 1.79. The summed E-state index contributed by atoms with van der Waals surface area (Å²) in [6.45, 7) is 9.04. The lowest BCUT2D eigenvalue weighted by Gasteiger charge is -2.25. The molecule has 1 aliphatic rings. The Balaban J connectivity index is 1.62. The third-order valence-electron chi connectivity index (χ3n) is 4.85. The van der Waals surface area contributed by atoms with Crippen molar-refractivity contribution < 1.29 is 4.74 Å². The molecule has 0 spiro atoms. The first-order valence-corrected chi connectivity index (χ1v) is 9.93. The van der Waals surface area contributed by atoms with E-state index >= 15 is 0 Å². The molecule has 3 N–H and O–H groups in total. The summed E-state index contributed by atoms with van der Waals surface area (Å²) in [6, 6.07) is 3.80. The van der Waals surface area contributed by atoms with E-state index in [-0.39, 0.29) is 0 Å². The number of anilines is 2. The molecule has 1 aliphatic heterocycles. The van der Waals surface area contributed by atoms with Crippen molar-refractivity contribution in [1.29, 1.82) is 0 Å². The molecule has 1 fully saturated rings. The number of ether oxygens (including phenoxy) is 1. The quantitative estimate of drug-likeness (QED) is 0.699. The molecule has 1 saturated heterocycles. The van der Waals surface area contributed by atoms with Crippen molar-refractivity contribution in [2.24, 2.45) is 0 Å². The van der Waals surface area contributed by atoms with Crippen LogP contribution in [0.3, 0.4) is 0 Å². The van der Waals surface area contributed by atoms with Crippen molar-refractivity contribution in [3.05, 3.63) is 40.2 Å². The maximum absolute atomic E-state index is 5.68. The zero-order chi connectivity index (χ0) is 18.8. The minimum Gasteiger partial charge on any atom is -0.384 e. The van der Waals surface area contributed by atoms with Gasteiger partial charge in [0, 0.05) is 30.7 Å². The Bertz CT molecular complexity index is 934. The minimum atomic E-state index is 0.528. The Kier molecular flexibility index (Phi) is 5.20. The summed E-state index contributed by atoms with van der Waals surface area (Å²) in [5.41, 5.74) is 7.98. The number of hydrogen-bond donors (Lipinski definition) is 2. The van der Waals surface area contributed by atoms with Gasteiger partial charge in [-0.25, -0.2) is 15.0 Å². The topological polar surface area (TPSA) is 89.2 Å². The Morgan fingerprint density at radius 1 is 1.22 bits per heavy atom. The molecule has 0 amide bonds. The Morgan fingerprint density at radius 3 is 2.78 bits per heavy atom. The van der Waals surface area contributed by atoms with Crippen LogP contribution >= 0.6 is 11.3 Å². The fourth-order valence-electron chi connectivity index (χ4n) is 3.18. The van der Waals surface area contributed by atoms with Gasteiger partial charge in [0.1, 0.15) is 22.3 Å². The molecule has 8 heteroatoms. The maximum Gasteiger partial charge on any atom is 0.146 e. The molecule has 142 valence electrons. The van der Waals surface area contributed by atoms with Crippen LogP contribution in [0.15, 0.2) is 18.3 Å². The van der Waals surface area contributed by atoms with Crippen LogP contribution < -0.4 is 11.1 Å². The third kappa shape index (κ3) is 4.02. The second-order valence-corrected chi connectivity index (χ2v) is 7.99. The zero-order valence-corrected chi connectivity index (χ0v) is 16.5. The normalized spacial score (nSPS) is 15.3. The summed E-state index contributed by atoms with van der Waals surface area (Å²) >= 11 is 1.73. The molecule has 0 atom stereocenters. The molecule has 0 bridgehead atoms. The SMILES string of the molecule is Cc1sc2nc(CN3CCOCC3)nc(NCc3ccc(N)nc3)c2c1C. The Morgan fingerprint density at radius 2 is 2.04 bits per heavy atom. The van der Waals surface area contributed by atoms with Crippen LogP contribution in [0, 0.1) is 13.8 Å². The lowest BCUT2D eigenvalue weighted by atomic mass is 10.2. The van der Waals surface area contributed by atoms with E-state index in [4.69, 9.17) is 20.4 Å². The van der Waals surface area contributed by atoms with Crippen molar-refractivity contribution in [3.8, 4) is 0 Å². The monoisotopic (exact) mass is 384 g/mol. The highest BCUT2D eigenvalue weighted by Crippen LogP contribution is 2.33. The van der Waals surface area contributed by atoms with Crippen LogP contribution in [0.5, 0.6) is 0 Å². The Labute approximate surface area is 162 Å². The lowest BCUT2D eigenvalue weighted by Crippen LogP contribution is -2.36. The van der Waals surface area contributed by atoms with E-state index in [2.05, 4.69) is 29.0 Å². The van der Waals surface area contributed by atoms with Gasteiger partial charge in [-0.1, -0.05) is 6.07 Å². The van der Waals surface area contributed by atoms with E-state index in [1.807, 2.05) is 12.1 Å². The summed E-state index contributed by atoms with van der Waals surface area (Å²) < 4.78 is 5.44. The maximum atomic E-state index is 5.68. The smallest absolute Gasteiger partial charge is 0.146 e. The van der Waals surface area contributed by atoms with Gasteiger partial charge in [-0.2, -0.15) is 0 Å². The molecule has 4 rings (SSSR count). The van der Waals surface area contributed by atoms with Gasteiger partial charge in [-0.05, 0) is 31.0 Å². The largest absolute Gasteiger partial charge is 0.384 e. The number of nitrogens with one attached hydrogen (secondary N) is 1. The van der Waals surface area contributed by atoms with Gasteiger partial charge in [0.2, 0.25) is 0 Å². The van der Waals surface area contributed by atoms with E-state index in [1.165, 1.54) is 10.4 Å². The highest BCUT2D eigenvalue weighted by molar-refractivity contribution is 7.18. The molecule has 3 aromatic heterocycles. The minimum absolute atomic E-state index is 0.528. The predicted molar refractivity (Wildman–Crippen MR) is 109 cm³/mol. The van der Waals surface area contributed by atoms with Gasteiger partial charge in [-0.3, -0.25) is 4.90 Å². The third-order valence-corrected chi connectivity index (χ3v) is 5.95. The molecule has 4 heterocycles. The molecule has 0 aromatic carbocycles. The average Bonchev–Trinajstić information content (AvgIpc) is 2.96. The number of nitrogens with two attached hydrogens (primary N) is 1. The van der Waals surface area contributed by atoms with Gasteiger partial charge in [0.15, 0.2) is 0 Å². The van der Waals surface area contributed by atoms with Gasteiger partial charge in [0.25, 0.3) is 0 Å². The van der Waals surface area contributed by atoms with Crippen LogP contribution in [-0.2, 0) is 17.8 Å². The zero-order valence-electron chi connectivity index (χ0n) is 15.7. The number of aromatic nitrogens is 3. The molecule has 0 aliphatic carbocycles. The van der Waals surface area contributed by atoms with Crippen molar-refractivity contribution in [2.45, 2.75) is 26.9 Å². The highest BCUT2D eigenvalue weighted by Gasteiger charge is 2.17. The number of hydrogen-bond acceptors (Lipinski definition) is 8. The number of nitrogen functional groups attached to an aromatic ring is 1. The number of aryl methyl sites for hydroxylation is 2. The van der Waals surface area contributed by atoms with Crippen LogP contribution in [0.25, 0.3) is 10.2 Å². The number of rotatable bonds is 5. The molecular formula is C19H24N6OS. The van der Waals surface area contributed by atoms with Gasteiger partial charge in [-0.15, -0.1) is 11.3 Å². The summed E-state index contributed by atoms with van der Waals surface area (Å²) in [5.74, 6) is 2.27. The van der Waals surface area contributed by atoms with Gasteiger partial charge < -0.3 is 15.8 Å². The number of thiophene rings is 1. The van der Waals surface area contributed by atoms with Crippen molar-refractivity contribution >= 4 is 33.2 Å². The summed E-state index contributed by atoms with van der Waals surface area (Å²) in [4.78, 5) is 18.5. The van der Waals surface area contributed by atoms with E-state index in [1.54, 1.807) is 17.5 Å². The molecule has 27 heavy (non-hydrogen) atoms. The summed E-state index contributed by atoms with van der Waals surface area (Å²) in [7, 11) is 0. The first-order valence-electron chi connectivity index (χ1n) is 9.11. The van der Waals surface area contributed by atoms with E-state index < -0.39 is 0 Å². The molecule has 0 saturated carbocycles. The predicted octanol–water partition coefficient (Wildman–Crippen LogP) is 2.73. The molecule has 0 unspecified atom stereocenters. The van der Waals surface area contributed by atoms with E-state index in [0.29, 0.717) is 12.4 Å². The van der Waals surface area contributed by atoms with Gasteiger partial charge in [0.05, 0.1) is 25.1 Å².